The van der Waals surface area contributed by atoms with Gasteiger partial charge < -0.3 is 4.74 Å². The third kappa shape index (κ3) is 4.64. The monoisotopic (exact) mass is 407 g/mol. The van der Waals surface area contributed by atoms with E-state index in [-0.39, 0.29) is 38.6 Å². The van der Waals surface area contributed by atoms with Gasteiger partial charge in [-0.25, -0.2) is 4.79 Å². The third-order valence-electron chi connectivity index (χ3n) is 3.35. The first-order chi connectivity index (χ1) is 12.4. The summed E-state index contributed by atoms with van der Waals surface area (Å²) in [7, 11) is 0. The van der Waals surface area contributed by atoms with Gasteiger partial charge in [0.25, 0.3) is 0 Å². The molecular weight excluding hydrogens is 397 g/mol. The highest BCUT2D eigenvalue weighted by Gasteiger charge is 2.16. The summed E-state index contributed by atoms with van der Waals surface area (Å²) in [6.07, 6.45) is 1.39. The van der Waals surface area contributed by atoms with Gasteiger partial charge in [-0.2, -0.15) is 5.26 Å². The number of nitriles is 1. The van der Waals surface area contributed by atoms with Gasteiger partial charge in [0.2, 0.25) is 0 Å². The molecule has 2 aromatic rings. The molecule has 0 bridgehead atoms. The largest absolute Gasteiger partial charge is 0.462 e. The highest BCUT2D eigenvalue weighted by atomic mass is 35.5. The molecule has 0 spiro atoms. The van der Waals surface area contributed by atoms with Crippen molar-refractivity contribution in [2.24, 2.45) is 0 Å². The molecule has 0 heterocycles. The first-order valence-electron chi connectivity index (χ1n) is 7.45. The number of ketones is 1. The molecule has 0 saturated carbocycles. The second-order valence-electron chi connectivity index (χ2n) is 5.09. The van der Waals surface area contributed by atoms with Gasteiger partial charge in [-0.1, -0.05) is 59.1 Å². The van der Waals surface area contributed by atoms with Gasteiger partial charge in [-0.05, 0) is 30.7 Å². The lowest BCUT2D eigenvalue weighted by Gasteiger charge is -2.06. The molecule has 2 rings (SSSR count). The van der Waals surface area contributed by atoms with E-state index >= 15 is 0 Å². The molecule has 0 fully saturated rings. The number of hydrogen-bond acceptors (Lipinski definition) is 4. The fraction of sp³-hybridized carbons (Fsp3) is 0.105. The molecule has 26 heavy (non-hydrogen) atoms. The van der Waals surface area contributed by atoms with E-state index < -0.39 is 5.97 Å². The Kier molecular flexibility index (Phi) is 6.82. The molecule has 2 aromatic carbocycles. The number of benzene rings is 2. The topological polar surface area (TPSA) is 67.2 Å². The molecule has 132 valence electrons. The highest BCUT2D eigenvalue weighted by Crippen LogP contribution is 2.30. The first kappa shape index (κ1) is 20.0. The zero-order chi connectivity index (χ0) is 19.3. The zero-order valence-corrected chi connectivity index (χ0v) is 15.8. The van der Waals surface area contributed by atoms with Crippen molar-refractivity contribution in [3.8, 4) is 6.07 Å². The molecule has 0 aliphatic heterocycles. The quantitative estimate of drug-likeness (QED) is 0.220. The maximum absolute atomic E-state index is 12.6. The Balaban J connectivity index is 2.30. The predicted molar refractivity (Wildman–Crippen MR) is 102 cm³/mol. The van der Waals surface area contributed by atoms with E-state index in [2.05, 4.69) is 0 Å². The number of nitrogens with zero attached hydrogens (tertiary/aromatic N) is 1. The molecule has 0 unspecified atom stereocenters. The lowest BCUT2D eigenvalue weighted by Crippen LogP contribution is -2.06. The van der Waals surface area contributed by atoms with Crippen LogP contribution in [0.5, 0.6) is 0 Å². The first-order valence-corrected chi connectivity index (χ1v) is 8.59. The summed E-state index contributed by atoms with van der Waals surface area (Å²) in [4.78, 5) is 24.2. The van der Waals surface area contributed by atoms with Crippen LogP contribution in [0.15, 0.2) is 42.0 Å². The van der Waals surface area contributed by atoms with Crippen LogP contribution in [0.1, 0.15) is 28.4 Å². The van der Waals surface area contributed by atoms with Crippen LogP contribution >= 0.6 is 34.8 Å². The van der Waals surface area contributed by atoms with Crippen molar-refractivity contribution in [1.29, 1.82) is 5.26 Å². The second-order valence-corrected chi connectivity index (χ2v) is 6.31. The molecule has 0 saturated heterocycles. The van der Waals surface area contributed by atoms with Crippen molar-refractivity contribution in [1.82, 2.24) is 0 Å². The van der Waals surface area contributed by atoms with Crippen molar-refractivity contribution in [2.45, 2.75) is 6.92 Å². The van der Waals surface area contributed by atoms with Crippen LogP contribution in [-0.4, -0.2) is 18.4 Å². The number of carbonyl (C=O) groups is 2. The summed E-state index contributed by atoms with van der Waals surface area (Å²) in [6, 6.07) is 11.0. The Bertz CT molecular complexity index is 928. The summed E-state index contributed by atoms with van der Waals surface area (Å²) in [5, 5.41) is 9.73. The second kappa shape index (κ2) is 8.86. The maximum Gasteiger partial charge on any atom is 0.348 e. The lowest BCUT2D eigenvalue weighted by atomic mass is 10.0. The van der Waals surface area contributed by atoms with Crippen LogP contribution < -0.4 is 0 Å². The van der Waals surface area contributed by atoms with Crippen LogP contribution in [0.4, 0.5) is 0 Å². The average Bonchev–Trinajstić information content (AvgIpc) is 2.62. The van der Waals surface area contributed by atoms with Crippen LogP contribution in [0.3, 0.4) is 0 Å². The summed E-state index contributed by atoms with van der Waals surface area (Å²) < 4.78 is 4.80. The van der Waals surface area contributed by atoms with Gasteiger partial charge in [-0.15, -0.1) is 0 Å². The number of ether oxygens (including phenoxy) is 1. The minimum atomic E-state index is -0.697. The predicted octanol–water partition coefficient (Wildman–Crippen LogP) is 5.35. The Morgan fingerprint density at radius 3 is 2.27 bits per heavy atom. The minimum Gasteiger partial charge on any atom is -0.462 e. The van der Waals surface area contributed by atoms with E-state index in [9.17, 15) is 9.59 Å². The molecule has 0 N–H and O–H groups in total. The van der Waals surface area contributed by atoms with Gasteiger partial charge in [-0.3, -0.25) is 4.79 Å². The number of rotatable bonds is 5. The maximum atomic E-state index is 12.6. The molecule has 0 aromatic heterocycles. The van der Waals surface area contributed by atoms with E-state index in [1.165, 1.54) is 18.2 Å². The van der Waals surface area contributed by atoms with Crippen LogP contribution in [-0.2, 0) is 9.53 Å². The standard InChI is InChI=1S/C19H12Cl3NO3/c1-2-26-19(25)13(10-23)7-11-3-5-12(6-4-11)18(24)14-8-16(21)17(22)9-15(14)20/h3-9H,2H2,1H3/b13-7-. The Labute approximate surface area is 165 Å². The molecule has 4 nitrogen and oxygen atoms in total. The number of esters is 1. The number of halogens is 3. The zero-order valence-electron chi connectivity index (χ0n) is 13.6. The van der Waals surface area contributed by atoms with E-state index in [0.29, 0.717) is 11.1 Å². The summed E-state index contributed by atoms with van der Waals surface area (Å²) in [5.41, 5.74) is 1.05. The van der Waals surface area contributed by atoms with Gasteiger partial charge >= 0.3 is 5.97 Å². The molecular formula is C19H12Cl3NO3. The van der Waals surface area contributed by atoms with Crippen molar-refractivity contribution < 1.29 is 14.3 Å². The van der Waals surface area contributed by atoms with Crippen LogP contribution in [0.2, 0.25) is 15.1 Å². The fourth-order valence-electron chi connectivity index (χ4n) is 2.10. The van der Waals surface area contributed by atoms with Crippen molar-refractivity contribution in [3.05, 3.63) is 73.7 Å². The average molecular weight is 409 g/mol. The summed E-state index contributed by atoms with van der Waals surface area (Å²) >= 11 is 17.9. The molecule has 7 heteroatoms. The normalized spacial score (nSPS) is 11.0. The summed E-state index contributed by atoms with van der Waals surface area (Å²) in [6.45, 7) is 1.83. The smallest absolute Gasteiger partial charge is 0.348 e. The van der Waals surface area contributed by atoms with Crippen LogP contribution in [0.25, 0.3) is 6.08 Å². The van der Waals surface area contributed by atoms with Gasteiger partial charge in [0, 0.05) is 11.1 Å². The molecule has 0 aliphatic rings. The molecule has 0 atom stereocenters. The molecule has 0 aliphatic carbocycles. The van der Waals surface area contributed by atoms with Crippen molar-refractivity contribution >= 4 is 52.6 Å². The van der Waals surface area contributed by atoms with Gasteiger partial charge in [0.15, 0.2) is 5.78 Å². The van der Waals surface area contributed by atoms with Crippen molar-refractivity contribution in [2.75, 3.05) is 6.61 Å². The number of carbonyl (C=O) groups excluding carboxylic acids is 2. The third-order valence-corrected chi connectivity index (χ3v) is 4.39. The number of hydrogen-bond donors (Lipinski definition) is 0. The Morgan fingerprint density at radius 1 is 1.08 bits per heavy atom. The lowest BCUT2D eigenvalue weighted by molar-refractivity contribution is -0.137. The van der Waals surface area contributed by atoms with E-state index in [4.69, 9.17) is 44.8 Å². The fourth-order valence-corrected chi connectivity index (χ4v) is 2.73. The Hall–Kier alpha value is -2.32. The Morgan fingerprint density at radius 2 is 1.69 bits per heavy atom. The highest BCUT2D eigenvalue weighted by molar-refractivity contribution is 6.44. The summed E-state index contributed by atoms with van der Waals surface area (Å²) in [5.74, 6) is -1.02. The van der Waals surface area contributed by atoms with Crippen LogP contribution in [0, 0.1) is 11.3 Å². The molecule has 0 amide bonds. The minimum absolute atomic E-state index is 0.126. The van der Waals surface area contributed by atoms with Crippen molar-refractivity contribution in [3.63, 3.8) is 0 Å². The van der Waals surface area contributed by atoms with E-state index in [0.717, 1.165) is 0 Å². The van der Waals surface area contributed by atoms with Gasteiger partial charge in [0.05, 0.1) is 21.7 Å². The SMILES string of the molecule is CCOC(=O)/C(C#N)=C\c1ccc(C(=O)c2cc(Cl)c(Cl)cc2Cl)cc1. The van der Waals surface area contributed by atoms with E-state index in [1.807, 2.05) is 0 Å². The van der Waals surface area contributed by atoms with E-state index in [1.54, 1.807) is 37.3 Å². The molecule has 0 radical (unpaired) electrons. The van der Waals surface area contributed by atoms with Gasteiger partial charge in [0.1, 0.15) is 11.6 Å².